The lowest BCUT2D eigenvalue weighted by atomic mass is 10.2. The van der Waals surface area contributed by atoms with Gasteiger partial charge in [-0.2, -0.15) is 0 Å². The van der Waals surface area contributed by atoms with E-state index in [1.807, 2.05) is 0 Å². The van der Waals surface area contributed by atoms with Gasteiger partial charge in [0.15, 0.2) is 0 Å². The molecule has 0 saturated heterocycles. The Kier molecular flexibility index (Phi) is 3.00. The number of non-ortho nitro benzene ring substituents is 1. The molecule has 1 aromatic carbocycles. The molecule has 0 radical (unpaired) electrons. The molecule has 2 rings (SSSR count). The van der Waals surface area contributed by atoms with Crippen molar-refractivity contribution in [2.45, 2.75) is 0 Å². The van der Waals surface area contributed by atoms with Gasteiger partial charge in [0, 0.05) is 17.7 Å². The van der Waals surface area contributed by atoms with Crippen molar-refractivity contribution in [2.75, 3.05) is 7.11 Å². The maximum Gasteiger partial charge on any atom is 0.396 e. The molecule has 0 unspecified atom stereocenters. The van der Waals surface area contributed by atoms with Gasteiger partial charge in [0.25, 0.3) is 5.69 Å². The Labute approximate surface area is 100 Å². The van der Waals surface area contributed by atoms with Crippen molar-refractivity contribution in [3.63, 3.8) is 0 Å². The number of benzene rings is 1. The summed E-state index contributed by atoms with van der Waals surface area (Å²) >= 11 is 0. The van der Waals surface area contributed by atoms with E-state index in [0.717, 1.165) is 0 Å². The zero-order valence-electron chi connectivity index (χ0n) is 9.19. The molecule has 0 N–H and O–H groups in total. The highest BCUT2D eigenvalue weighted by Crippen LogP contribution is 2.21. The third-order valence-corrected chi connectivity index (χ3v) is 2.11. The van der Waals surface area contributed by atoms with Gasteiger partial charge in [-0.3, -0.25) is 10.1 Å². The van der Waals surface area contributed by atoms with Crippen LogP contribution in [0.25, 0.3) is 11.5 Å². The summed E-state index contributed by atoms with van der Waals surface area (Å²) in [5.74, 6) is -0.924. The number of carbonyl (C=O) groups is 1. The minimum absolute atomic E-state index is 0.0496. The number of nitro benzene ring substituents is 1. The van der Waals surface area contributed by atoms with Crippen LogP contribution in [0.4, 0.5) is 5.69 Å². The van der Waals surface area contributed by atoms with Gasteiger partial charge in [-0.1, -0.05) is 0 Å². The highest BCUT2D eigenvalue weighted by Gasteiger charge is 2.16. The zero-order chi connectivity index (χ0) is 13.1. The maximum atomic E-state index is 11.1. The molecule has 18 heavy (non-hydrogen) atoms. The van der Waals surface area contributed by atoms with Crippen LogP contribution in [-0.4, -0.2) is 28.2 Å². The molecule has 0 amide bonds. The molecule has 2 aromatic rings. The fraction of sp³-hybridized carbons (Fsp3) is 0.100. The second-order valence-electron chi connectivity index (χ2n) is 3.21. The number of nitrogens with zero attached hydrogens (tertiary/aromatic N) is 3. The van der Waals surface area contributed by atoms with Crippen molar-refractivity contribution in [1.82, 2.24) is 10.2 Å². The molecule has 1 heterocycles. The Morgan fingerprint density at radius 1 is 1.33 bits per heavy atom. The van der Waals surface area contributed by atoms with E-state index in [4.69, 9.17) is 4.42 Å². The molecule has 0 aliphatic heterocycles. The van der Waals surface area contributed by atoms with Crippen molar-refractivity contribution in [3.8, 4) is 11.5 Å². The summed E-state index contributed by atoms with van der Waals surface area (Å²) in [6.45, 7) is 0. The normalized spacial score (nSPS) is 10.1. The van der Waals surface area contributed by atoms with Gasteiger partial charge in [-0.05, 0) is 12.1 Å². The predicted molar refractivity (Wildman–Crippen MR) is 57.7 cm³/mol. The molecule has 8 heteroatoms. The number of nitro groups is 1. The average Bonchev–Trinajstić information content (AvgIpc) is 2.87. The summed E-state index contributed by atoms with van der Waals surface area (Å²) in [5.41, 5.74) is 0.426. The first-order valence-electron chi connectivity index (χ1n) is 4.78. The molecule has 1 aromatic heterocycles. The lowest BCUT2D eigenvalue weighted by Gasteiger charge is -1.94. The van der Waals surface area contributed by atoms with Crippen molar-refractivity contribution >= 4 is 11.7 Å². The summed E-state index contributed by atoms with van der Waals surface area (Å²) in [5, 5.41) is 17.6. The SMILES string of the molecule is COC(=O)c1nnc(-c2ccc([N+](=O)[O-])cc2)o1. The lowest BCUT2D eigenvalue weighted by molar-refractivity contribution is -0.384. The minimum atomic E-state index is -0.740. The predicted octanol–water partition coefficient (Wildman–Crippen LogP) is 1.43. The van der Waals surface area contributed by atoms with Crippen LogP contribution in [0.2, 0.25) is 0 Å². The number of esters is 1. The number of carbonyl (C=O) groups excluding carboxylic acids is 1. The van der Waals surface area contributed by atoms with Crippen LogP contribution in [0.1, 0.15) is 10.7 Å². The van der Waals surface area contributed by atoms with E-state index >= 15 is 0 Å². The zero-order valence-corrected chi connectivity index (χ0v) is 9.19. The standard InChI is InChI=1S/C10H7N3O5/c1-17-10(14)9-12-11-8(18-9)6-2-4-7(5-3-6)13(15)16/h2-5H,1H3. The van der Waals surface area contributed by atoms with Crippen molar-refractivity contribution in [3.05, 3.63) is 40.3 Å². The molecule has 0 bridgehead atoms. The van der Waals surface area contributed by atoms with Gasteiger partial charge in [0.2, 0.25) is 5.89 Å². The number of rotatable bonds is 3. The molecule has 92 valence electrons. The fourth-order valence-corrected chi connectivity index (χ4v) is 1.24. The number of aromatic nitrogens is 2. The molecular formula is C10H7N3O5. The van der Waals surface area contributed by atoms with Crippen molar-refractivity contribution < 1.29 is 18.9 Å². The topological polar surface area (TPSA) is 108 Å². The van der Waals surface area contributed by atoms with Crippen LogP contribution in [0.5, 0.6) is 0 Å². The van der Waals surface area contributed by atoms with E-state index in [0.29, 0.717) is 5.56 Å². The van der Waals surface area contributed by atoms with Crippen LogP contribution in [0.15, 0.2) is 28.7 Å². The summed E-state index contributed by atoms with van der Waals surface area (Å²) in [6.07, 6.45) is 0. The first-order chi connectivity index (χ1) is 8.61. The molecule has 0 fully saturated rings. The third kappa shape index (κ3) is 2.17. The monoisotopic (exact) mass is 249 g/mol. The highest BCUT2D eigenvalue weighted by atomic mass is 16.6. The molecule has 8 nitrogen and oxygen atoms in total. The molecule has 0 atom stereocenters. The quantitative estimate of drug-likeness (QED) is 0.459. The highest BCUT2D eigenvalue weighted by molar-refractivity contribution is 5.84. The number of hydrogen-bond acceptors (Lipinski definition) is 7. The number of ether oxygens (including phenoxy) is 1. The van der Waals surface area contributed by atoms with Crippen LogP contribution in [0, 0.1) is 10.1 Å². The second kappa shape index (κ2) is 4.62. The molecule has 0 saturated carbocycles. The third-order valence-electron chi connectivity index (χ3n) is 2.11. The molecule has 0 aliphatic rings. The van der Waals surface area contributed by atoms with E-state index in [1.54, 1.807) is 0 Å². The van der Waals surface area contributed by atoms with Crippen LogP contribution in [0.3, 0.4) is 0 Å². The van der Waals surface area contributed by atoms with E-state index in [1.165, 1.54) is 31.4 Å². The van der Waals surface area contributed by atoms with Crippen LogP contribution < -0.4 is 0 Å². The van der Waals surface area contributed by atoms with Gasteiger partial charge in [0.05, 0.1) is 12.0 Å². The van der Waals surface area contributed by atoms with Gasteiger partial charge >= 0.3 is 11.9 Å². The van der Waals surface area contributed by atoms with Gasteiger partial charge in [-0.25, -0.2) is 4.79 Å². The Morgan fingerprint density at radius 2 is 2.00 bits per heavy atom. The van der Waals surface area contributed by atoms with Crippen molar-refractivity contribution in [1.29, 1.82) is 0 Å². The summed E-state index contributed by atoms with van der Waals surface area (Å²) < 4.78 is 9.47. The first kappa shape index (κ1) is 11.7. The Bertz CT molecular complexity index is 590. The number of hydrogen-bond donors (Lipinski definition) is 0. The second-order valence-corrected chi connectivity index (χ2v) is 3.21. The number of methoxy groups -OCH3 is 1. The largest absolute Gasteiger partial charge is 0.462 e. The maximum absolute atomic E-state index is 11.1. The molecule has 0 spiro atoms. The fourth-order valence-electron chi connectivity index (χ4n) is 1.24. The van der Waals surface area contributed by atoms with E-state index in [2.05, 4.69) is 14.9 Å². The average molecular weight is 249 g/mol. The van der Waals surface area contributed by atoms with Gasteiger partial charge < -0.3 is 9.15 Å². The van der Waals surface area contributed by atoms with Crippen LogP contribution in [-0.2, 0) is 4.74 Å². The van der Waals surface area contributed by atoms with Gasteiger partial charge in [-0.15, -0.1) is 10.2 Å². The molecule has 0 aliphatic carbocycles. The van der Waals surface area contributed by atoms with E-state index < -0.39 is 10.9 Å². The smallest absolute Gasteiger partial charge is 0.396 e. The lowest BCUT2D eigenvalue weighted by Crippen LogP contribution is -2.00. The Morgan fingerprint density at radius 3 is 2.56 bits per heavy atom. The Hall–Kier alpha value is -2.77. The van der Waals surface area contributed by atoms with Crippen molar-refractivity contribution in [2.24, 2.45) is 0 Å². The summed E-state index contributed by atoms with van der Waals surface area (Å²) in [4.78, 5) is 21.1. The summed E-state index contributed by atoms with van der Waals surface area (Å²) in [7, 11) is 1.19. The Balaban J connectivity index is 2.29. The molecular weight excluding hydrogens is 242 g/mol. The van der Waals surface area contributed by atoms with Crippen LogP contribution >= 0.6 is 0 Å². The summed E-state index contributed by atoms with van der Waals surface area (Å²) in [6, 6.07) is 5.51. The minimum Gasteiger partial charge on any atom is -0.462 e. The van der Waals surface area contributed by atoms with Gasteiger partial charge in [0.1, 0.15) is 0 Å². The van der Waals surface area contributed by atoms with E-state index in [-0.39, 0.29) is 17.5 Å². The van der Waals surface area contributed by atoms with E-state index in [9.17, 15) is 14.9 Å². The first-order valence-corrected chi connectivity index (χ1v) is 4.78.